The van der Waals surface area contributed by atoms with Gasteiger partial charge in [-0.2, -0.15) is 0 Å². The summed E-state index contributed by atoms with van der Waals surface area (Å²) in [5, 5.41) is 0. The molecule has 1 aromatic heterocycles. The minimum absolute atomic E-state index is 0.0794. The van der Waals surface area contributed by atoms with Gasteiger partial charge >= 0.3 is 5.97 Å². The monoisotopic (exact) mass is 506 g/mol. The number of hydrogen-bond donors (Lipinski definition) is 0. The van der Waals surface area contributed by atoms with Crippen molar-refractivity contribution in [1.29, 1.82) is 0 Å². The molecule has 0 saturated carbocycles. The Bertz CT molecular complexity index is 1430. The molecule has 38 heavy (non-hydrogen) atoms. The van der Waals surface area contributed by atoms with Crippen LogP contribution in [-0.4, -0.2) is 41.1 Å². The lowest BCUT2D eigenvalue weighted by Gasteiger charge is -2.34. The van der Waals surface area contributed by atoms with Crippen LogP contribution in [0, 0.1) is 5.92 Å². The number of carbonyl (C=O) groups excluding carboxylic acids is 1. The van der Waals surface area contributed by atoms with E-state index >= 15 is 0 Å². The average molecular weight is 507 g/mol. The zero-order valence-corrected chi connectivity index (χ0v) is 22.4. The van der Waals surface area contributed by atoms with E-state index in [4.69, 9.17) is 14.7 Å². The molecule has 1 fully saturated rings. The first-order chi connectivity index (χ1) is 18.3. The van der Waals surface area contributed by atoms with E-state index < -0.39 is 5.60 Å². The minimum atomic E-state index is -0.417. The van der Waals surface area contributed by atoms with Crippen LogP contribution in [0.25, 0.3) is 0 Å². The van der Waals surface area contributed by atoms with Crippen LogP contribution in [-0.2, 0) is 22.4 Å². The van der Waals surface area contributed by atoms with Gasteiger partial charge in [-0.05, 0) is 98.7 Å². The average Bonchev–Trinajstić information content (AvgIpc) is 3.52. The SMILES string of the molecule is CC(C)(C)OC(=O)CC1CCN(c2ccc3c(c2)CC(c2ccc4c(c2)CC(c2ccccn2)=N4)=N3)CC1. The topological polar surface area (TPSA) is 67.2 Å². The Kier molecular flexibility index (Phi) is 6.34. The first kappa shape index (κ1) is 24.5. The Morgan fingerprint density at radius 1 is 0.921 bits per heavy atom. The molecular formula is C32H34N4O2. The highest BCUT2D eigenvalue weighted by Gasteiger charge is 2.26. The highest BCUT2D eigenvalue weighted by molar-refractivity contribution is 6.09. The number of benzene rings is 2. The lowest BCUT2D eigenvalue weighted by atomic mass is 9.93. The Hall–Kier alpha value is -3.80. The molecule has 0 spiro atoms. The number of fused-ring (bicyclic) bond motifs is 2. The van der Waals surface area contributed by atoms with Crippen LogP contribution in [0.3, 0.4) is 0 Å². The molecule has 0 amide bonds. The van der Waals surface area contributed by atoms with Crippen LogP contribution in [0.2, 0.25) is 0 Å². The van der Waals surface area contributed by atoms with Crippen LogP contribution in [0.15, 0.2) is 70.8 Å². The van der Waals surface area contributed by atoms with Gasteiger partial charge < -0.3 is 9.64 Å². The molecule has 6 heteroatoms. The van der Waals surface area contributed by atoms with Crippen LogP contribution in [0.4, 0.5) is 17.1 Å². The number of aromatic nitrogens is 1. The van der Waals surface area contributed by atoms with Crippen molar-refractivity contribution in [3.63, 3.8) is 0 Å². The molecule has 6 rings (SSSR count). The number of nitrogens with zero attached hydrogens (tertiary/aromatic N) is 4. The molecule has 0 N–H and O–H groups in total. The van der Waals surface area contributed by atoms with E-state index in [9.17, 15) is 4.79 Å². The first-order valence-corrected chi connectivity index (χ1v) is 13.6. The summed E-state index contributed by atoms with van der Waals surface area (Å²) in [4.78, 5) is 28.9. The summed E-state index contributed by atoms with van der Waals surface area (Å²) in [5.41, 5.74) is 9.68. The molecule has 3 aliphatic rings. The second kappa shape index (κ2) is 9.82. The van der Waals surface area contributed by atoms with E-state index in [0.717, 1.165) is 67.3 Å². The standard InChI is InChI=1S/C32H34N4O2/c1-32(2,3)38-31(37)16-21-11-14-36(15-12-21)25-8-10-27-24(18-25)19-29(34-27)22-7-9-26-23(17-22)20-30(35-26)28-6-4-5-13-33-28/h4-10,13,17-18,21H,11-12,14-16,19-20H2,1-3H3. The summed E-state index contributed by atoms with van der Waals surface area (Å²) in [5.74, 6) is 0.316. The first-order valence-electron chi connectivity index (χ1n) is 13.6. The van der Waals surface area contributed by atoms with Crippen molar-refractivity contribution >= 4 is 34.5 Å². The van der Waals surface area contributed by atoms with E-state index in [1.54, 1.807) is 0 Å². The summed E-state index contributed by atoms with van der Waals surface area (Å²) >= 11 is 0. The van der Waals surface area contributed by atoms with E-state index in [1.165, 1.54) is 22.4 Å². The van der Waals surface area contributed by atoms with Crippen molar-refractivity contribution in [3.05, 3.63) is 83.2 Å². The number of esters is 1. The van der Waals surface area contributed by atoms with E-state index in [-0.39, 0.29) is 5.97 Å². The largest absolute Gasteiger partial charge is 0.460 e. The van der Waals surface area contributed by atoms with E-state index in [1.807, 2.05) is 45.2 Å². The van der Waals surface area contributed by atoms with Crippen LogP contribution in [0.1, 0.15) is 62.4 Å². The lowest BCUT2D eigenvalue weighted by Crippen LogP contribution is -2.35. The van der Waals surface area contributed by atoms with Gasteiger partial charge in [0.1, 0.15) is 5.60 Å². The summed E-state index contributed by atoms with van der Waals surface area (Å²) in [7, 11) is 0. The molecule has 1 saturated heterocycles. The highest BCUT2D eigenvalue weighted by Crippen LogP contribution is 2.36. The Morgan fingerprint density at radius 2 is 1.63 bits per heavy atom. The van der Waals surface area contributed by atoms with Crippen molar-refractivity contribution < 1.29 is 9.53 Å². The van der Waals surface area contributed by atoms with Crippen molar-refractivity contribution in [2.24, 2.45) is 15.9 Å². The molecule has 0 bridgehead atoms. The molecule has 0 atom stereocenters. The van der Waals surface area contributed by atoms with Crippen LogP contribution >= 0.6 is 0 Å². The van der Waals surface area contributed by atoms with Gasteiger partial charge in [0, 0.05) is 44.2 Å². The summed E-state index contributed by atoms with van der Waals surface area (Å²) in [6.07, 6.45) is 5.99. The summed E-state index contributed by atoms with van der Waals surface area (Å²) in [6.45, 7) is 7.70. The second-order valence-corrected chi connectivity index (χ2v) is 11.6. The maximum atomic E-state index is 12.2. The van der Waals surface area contributed by atoms with E-state index in [0.29, 0.717) is 12.3 Å². The number of hydrogen-bond acceptors (Lipinski definition) is 6. The fourth-order valence-electron chi connectivity index (χ4n) is 5.63. The van der Waals surface area contributed by atoms with Crippen LogP contribution in [0.5, 0.6) is 0 Å². The van der Waals surface area contributed by atoms with Crippen molar-refractivity contribution in [3.8, 4) is 0 Å². The number of pyridine rings is 1. The van der Waals surface area contributed by atoms with Crippen molar-refractivity contribution in [1.82, 2.24) is 4.98 Å². The molecule has 0 unspecified atom stereocenters. The number of rotatable bonds is 5. The Balaban J connectivity index is 1.08. The fraction of sp³-hybridized carbons (Fsp3) is 0.375. The number of anilines is 1. The molecule has 6 nitrogen and oxygen atoms in total. The molecule has 3 aromatic rings. The minimum Gasteiger partial charge on any atom is -0.460 e. The lowest BCUT2D eigenvalue weighted by molar-refractivity contribution is -0.156. The molecule has 194 valence electrons. The zero-order valence-electron chi connectivity index (χ0n) is 22.4. The maximum absolute atomic E-state index is 12.2. The van der Waals surface area contributed by atoms with Gasteiger partial charge in [0.15, 0.2) is 0 Å². The van der Waals surface area contributed by atoms with Crippen molar-refractivity contribution in [2.75, 3.05) is 18.0 Å². The predicted molar refractivity (Wildman–Crippen MR) is 152 cm³/mol. The molecule has 2 aromatic carbocycles. The van der Waals surface area contributed by atoms with Gasteiger partial charge in [-0.1, -0.05) is 12.1 Å². The molecule has 4 heterocycles. The third-order valence-corrected chi connectivity index (χ3v) is 7.52. The molecule has 0 radical (unpaired) electrons. The summed E-state index contributed by atoms with van der Waals surface area (Å²) < 4.78 is 5.52. The van der Waals surface area contributed by atoms with Gasteiger partial charge in [-0.15, -0.1) is 0 Å². The maximum Gasteiger partial charge on any atom is 0.306 e. The zero-order chi connectivity index (χ0) is 26.3. The second-order valence-electron chi connectivity index (χ2n) is 11.6. The normalized spacial score (nSPS) is 17.1. The molecular weight excluding hydrogens is 472 g/mol. The van der Waals surface area contributed by atoms with Gasteiger partial charge in [0.2, 0.25) is 0 Å². The van der Waals surface area contributed by atoms with E-state index in [2.05, 4.69) is 46.3 Å². The smallest absolute Gasteiger partial charge is 0.306 e. The van der Waals surface area contributed by atoms with Crippen LogP contribution < -0.4 is 4.90 Å². The highest BCUT2D eigenvalue weighted by atomic mass is 16.6. The molecule has 3 aliphatic heterocycles. The van der Waals surface area contributed by atoms with Gasteiger partial charge in [-0.25, -0.2) is 0 Å². The van der Waals surface area contributed by atoms with Gasteiger partial charge in [0.05, 0.1) is 28.5 Å². The summed E-state index contributed by atoms with van der Waals surface area (Å²) in [6, 6.07) is 19.1. The quantitative estimate of drug-likeness (QED) is 0.377. The third-order valence-electron chi connectivity index (χ3n) is 7.52. The third kappa shape index (κ3) is 5.26. The number of piperidine rings is 1. The van der Waals surface area contributed by atoms with Crippen molar-refractivity contribution in [2.45, 2.75) is 58.5 Å². The number of aliphatic imine (C=N–C) groups is 2. The fourth-order valence-corrected chi connectivity index (χ4v) is 5.63. The number of ether oxygens (including phenoxy) is 1. The Morgan fingerprint density at radius 3 is 2.37 bits per heavy atom. The number of carbonyl (C=O) groups is 1. The molecule has 0 aliphatic carbocycles. The predicted octanol–water partition coefficient (Wildman–Crippen LogP) is 6.38. The Labute approximate surface area is 224 Å². The van der Waals surface area contributed by atoms with Gasteiger partial charge in [-0.3, -0.25) is 19.8 Å². The van der Waals surface area contributed by atoms with Gasteiger partial charge in [0.25, 0.3) is 0 Å².